The lowest BCUT2D eigenvalue weighted by molar-refractivity contribution is 0.245. The molecule has 8 heavy (non-hydrogen) atoms. The SMILES string of the molecule is NC(=O)[N]CCCO. The summed E-state index contributed by atoms with van der Waals surface area (Å²) in [5, 5.41) is 11.5. The highest BCUT2D eigenvalue weighted by Crippen LogP contribution is 1.71. The van der Waals surface area contributed by atoms with Gasteiger partial charge in [-0.1, -0.05) is 0 Å². The smallest absolute Gasteiger partial charge is 0.333 e. The van der Waals surface area contributed by atoms with Crippen LogP contribution in [0.5, 0.6) is 0 Å². The Bertz CT molecular complexity index is 74.4. The van der Waals surface area contributed by atoms with Gasteiger partial charge in [0.25, 0.3) is 0 Å². The van der Waals surface area contributed by atoms with E-state index in [1.807, 2.05) is 0 Å². The molecule has 1 radical (unpaired) electrons. The van der Waals surface area contributed by atoms with E-state index in [-0.39, 0.29) is 6.61 Å². The van der Waals surface area contributed by atoms with Crippen LogP contribution < -0.4 is 11.1 Å². The molecule has 0 bridgehead atoms. The highest BCUT2D eigenvalue weighted by molar-refractivity contribution is 5.71. The van der Waals surface area contributed by atoms with Gasteiger partial charge in [-0.2, -0.15) is 0 Å². The van der Waals surface area contributed by atoms with Crippen molar-refractivity contribution in [3.8, 4) is 0 Å². The summed E-state index contributed by atoms with van der Waals surface area (Å²) >= 11 is 0. The van der Waals surface area contributed by atoms with E-state index in [0.717, 1.165) is 0 Å². The summed E-state index contributed by atoms with van der Waals surface area (Å²) in [6.45, 7) is 0.378. The average Bonchev–Trinajstić information content (AvgIpc) is 1.66. The van der Waals surface area contributed by atoms with Gasteiger partial charge in [-0.15, -0.1) is 0 Å². The second kappa shape index (κ2) is 4.39. The first-order valence-corrected chi connectivity index (χ1v) is 2.35. The van der Waals surface area contributed by atoms with E-state index in [9.17, 15) is 4.79 Å². The molecule has 0 rings (SSSR count). The van der Waals surface area contributed by atoms with E-state index in [1.165, 1.54) is 0 Å². The zero-order valence-corrected chi connectivity index (χ0v) is 4.50. The molecule has 0 aromatic carbocycles. The average molecular weight is 117 g/mol. The van der Waals surface area contributed by atoms with Gasteiger partial charge in [-0.05, 0) is 6.42 Å². The van der Waals surface area contributed by atoms with E-state index < -0.39 is 6.03 Å². The standard InChI is InChI=1S/C4H9N2O2/c5-4(8)6-2-1-3-7/h7H,1-3H2,(H2,5,8). The molecule has 0 aromatic rings. The highest BCUT2D eigenvalue weighted by Gasteiger charge is 1.90. The van der Waals surface area contributed by atoms with Crippen molar-refractivity contribution in [3.05, 3.63) is 0 Å². The molecule has 0 aliphatic rings. The number of carbonyl (C=O) groups is 1. The molecule has 0 aliphatic heterocycles. The minimum atomic E-state index is -0.668. The summed E-state index contributed by atoms with van der Waals surface area (Å²) in [6.07, 6.45) is 0.503. The lowest BCUT2D eigenvalue weighted by atomic mass is 10.5. The summed E-state index contributed by atoms with van der Waals surface area (Å²) in [5.41, 5.74) is 4.65. The molecule has 0 saturated heterocycles. The molecule has 0 aromatic heterocycles. The van der Waals surface area contributed by atoms with E-state index in [4.69, 9.17) is 5.11 Å². The molecule has 2 amide bonds. The molecule has 0 unspecified atom stereocenters. The van der Waals surface area contributed by atoms with Crippen molar-refractivity contribution in [2.75, 3.05) is 13.2 Å². The maximum absolute atomic E-state index is 9.85. The quantitative estimate of drug-likeness (QED) is 0.467. The molecule has 4 heteroatoms. The minimum absolute atomic E-state index is 0.0524. The second-order valence-electron chi connectivity index (χ2n) is 1.30. The number of aliphatic hydroxyl groups excluding tert-OH is 1. The fraction of sp³-hybridized carbons (Fsp3) is 0.750. The Morgan fingerprint density at radius 2 is 2.38 bits per heavy atom. The molecule has 4 nitrogen and oxygen atoms in total. The van der Waals surface area contributed by atoms with E-state index in [2.05, 4.69) is 11.1 Å². The van der Waals surface area contributed by atoms with Crippen LogP contribution in [0.25, 0.3) is 0 Å². The number of primary amides is 1. The maximum Gasteiger partial charge on any atom is 0.333 e. The first kappa shape index (κ1) is 7.23. The number of hydrogen-bond donors (Lipinski definition) is 2. The van der Waals surface area contributed by atoms with Gasteiger partial charge in [0.1, 0.15) is 0 Å². The molecular formula is C4H9N2O2. The maximum atomic E-state index is 9.85. The van der Waals surface area contributed by atoms with Crippen molar-refractivity contribution in [2.24, 2.45) is 5.73 Å². The monoisotopic (exact) mass is 117 g/mol. The topological polar surface area (TPSA) is 77.4 Å². The van der Waals surface area contributed by atoms with Crippen molar-refractivity contribution >= 4 is 6.03 Å². The molecule has 0 atom stereocenters. The van der Waals surface area contributed by atoms with Crippen LogP contribution in [0.3, 0.4) is 0 Å². The van der Waals surface area contributed by atoms with E-state index in [0.29, 0.717) is 13.0 Å². The van der Waals surface area contributed by atoms with Crippen LogP contribution in [0.1, 0.15) is 6.42 Å². The predicted molar refractivity (Wildman–Crippen MR) is 28.3 cm³/mol. The molecule has 0 spiro atoms. The number of nitrogens with two attached hydrogens (primary N) is 1. The zero-order valence-electron chi connectivity index (χ0n) is 4.50. The Kier molecular flexibility index (Phi) is 3.97. The summed E-state index contributed by atoms with van der Waals surface area (Å²) in [7, 11) is 0. The summed E-state index contributed by atoms with van der Waals surface area (Å²) in [5.74, 6) is 0. The first-order chi connectivity index (χ1) is 3.77. The van der Waals surface area contributed by atoms with Gasteiger partial charge >= 0.3 is 6.03 Å². The van der Waals surface area contributed by atoms with Crippen molar-refractivity contribution in [2.45, 2.75) is 6.42 Å². The van der Waals surface area contributed by atoms with Crippen LogP contribution in [0.4, 0.5) is 4.79 Å². The predicted octanol–water partition coefficient (Wildman–Crippen LogP) is -0.948. The van der Waals surface area contributed by atoms with E-state index >= 15 is 0 Å². The number of hydrogen-bond acceptors (Lipinski definition) is 2. The number of urea groups is 1. The largest absolute Gasteiger partial charge is 0.396 e. The molecule has 0 aliphatic carbocycles. The van der Waals surface area contributed by atoms with Crippen molar-refractivity contribution < 1.29 is 9.90 Å². The normalized spacial score (nSPS) is 8.62. The lowest BCUT2D eigenvalue weighted by Gasteiger charge is -1.92. The lowest BCUT2D eigenvalue weighted by Crippen LogP contribution is -2.23. The Balaban J connectivity index is 2.82. The van der Waals surface area contributed by atoms with Crippen LogP contribution in [0.15, 0.2) is 0 Å². The highest BCUT2D eigenvalue weighted by atomic mass is 16.3. The number of rotatable bonds is 3. The Morgan fingerprint density at radius 3 is 2.75 bits per heavy atom. The van der Waals surface area contributed by atoms with Crippen molar-refractivity contribution in [3.63, 3.8) is 0 Å². The van der Waals surface area contributed by atoms with Gasteiger partial charge < -0.3 is 10.8 Å². The second-order valence-corrected chi connectivity index (χ2v) is 1.30. The summed E-state index contributed by atoms with van der Waals surface area (Å²) in [6, 6.07) is -0.668. The Labute approximate surface area is 47.7 Å². The fourth-order valence-corrected chi connectivity index (χ4v) is 0.260. The Hall–Kier alpha value is -0.770. The van der Waals surface area contributed by atoms with Gasteiger partial charge in [0, 0.05) is 13.2 Å². The van der Waals surface area contributed by atoms with Crippen LogP contribution in [0, 0.1) is 0 Å². The van der Waals surface area contributed by atoms with E-state index in [1.54, 1.807) is 0 Å². The fourth-order valence-electron chi connectivity index (χ4n) is 0.260. The van der Waals surface area contributed by atoms with Gasteiger partial charge in [0.05, 0.1) is 0 Å². The Morgan fingerprint density at radius 1 is 1.75 bits per heavy atom. The third-order valence-corrected chi connectivity index (χ3v) is 0.584. The van der Waals surface area contributed by atoms with Crippen LogP contribution in [-0.2, 0) is 0 Å². The van der Waals surface area contributed by atoms with Crippen LogP contribution in [0.2, 0.25) is 0 Å². The first-order valence-electron chi connectivity index (χ1n) is 2.35. The van der Waals surface area contributed by atoms with Crippen LogP contribution >= 0.6 is 0 Å². The van der Waals surface area contributed by atoms with Crippen molar-refractivity contribution in [1.82, 2.24) is 5.32 Å². The molecular weight excluding hydrogens is 108 g/mol. The molecule has 0 fully saturated rings. The summed E-state index contributed by atoms with van der Waals surface area (Å²) < 4.78 is 0. The number of amides is 2. The summed E-state index contributed by atoms with van der Waals surface area (Å²) in [4.78, 5) is 9.85. The van der Waals surface area contributed by atoms with Gasteiger partial charge in [-0.3, -0.25) is 0 Å². The minimum Gasteiger partial charge on any atom is -0.396 e. The molecule has 0 heterocycles. The molecule has 3 N–H and O–H groups in total. The van der Waals surface area contributed by atoms with Gasteiger partial charge in [0.15, 0.2) is 0 Å². The number of nitrogens with zero attached hydrogens (tertiary/aromatic N) is 1. The molecule has 0 saturated carbocycles. The van der Waals surface area contributed by atoms with Crippen LogP contribution in [-0.4, -0.2) is 24.3 Å². The third-order valence-electron chi connectivity index (χ3n) is 0.584. The third kappa shape index (κ3) is 5.23. The molecule has 47 valence electrons. The zero-order chi connectivity index (χ0) is 6.41. The van der Waals surface area contributed by atoms with Gasteiger partial charge in [-0.25, -0.2) is 10.1 Å². The number of aliphatic hydroxyl groups is 1. The van der Waals surface area contributed by atoms with Gasteiger partial charge in [0.2, 0.25) is 0 Å². The number of carbonyl (C=O) groups excluding carboxylic acids is 1. The van der Waals surface area contributed by atoms with Crippen molar-refractivity contribution in [1.29, 1.82) is 0 Å².